The number of nitrogens with zero attached hydrogens (tertiary/aromatic N) is 5. The van der Waals surface area contributed by atoms with Crippen molar-refractivity contribution in [1.29, 1.82) is 0 Å². The van der Waals surface area contributed by atoms with Crippen LogP contribution in [-0.2, 0) is 4.79 Å². The van der Waals surface area contributed by atoms with Gasteiger partial charge in [0.25, 0.3) is 5.88 Å². The summed E-state index contributed by atoms with van der Waals surface area (Å²) in [7, 11) is 3.08. The summed E-state index contributed by atoms with van der Waals surface area (Å²) in [6.07, 6.45) is 4.85. The highest BCUT2D eigenvalue weighted by molar-refractivity contribution is 5.77. The van der Waals surface area contributed by atoms with Gasteiger partial charge in [-0.05, 0) is 31.0 Å². The zero-order valence-corrected chi connectivity index (χ0v) is 16.2. The Balaban J connectivity index is 1.68. The summed E-state index contributed by atoms with van der Waals surface area (Å²) in [5, 5.41) is 16.9. The lowest BCUT2D eigenvalue weighted by Crippen LogP contribution is -2.38. The van der Waals surface area contributed by atoms with Crippen LogP contribution in [0.1, 0.15) is 12.8 Å². The van der Waals surface area contributed by atoms with Crippen molar-refractivity contribution in [3.8, 4) is 11.6 Å². The van der Waals surface area contributed by atoms with Crippen LogP contribution in [0, 0.1) is 5.92 Å². The lowest BCUT2D eigenvalue weighted by Gasteiger charge is -2.32. The van der Waals surface area contributed by atoms with Crippen molar-refractivity contribution in [2.45, 2.75) is 12.8 Å². The number of aliphatic carboxylic acids is 1. The van der Waals surface area contributed by atoms with Crippen LogP contribution < -0.4 is 19.7 Å². The van der Waals surface area contributed by atoms with Gasteiger partial charge in [0.1, 0.15) is 12.1 Å². The van der Waals surface area contributed by atoms with Crippen molar-refractivity contribution in [1.82, 2.24) is 19.6 Å². The van der Waals surface area contributed by atoms with Gasteiger partial charge in [0.15, 0.2) is 11.4 Å². The van der Waals surface area contributed by atoms with Crippen LogP contribution in [-0.4, -0.2) is 58.0 Å². The summed E-state index contributed by atoms with van der Waals surface area (Å²) in [4.78, 5) is 22.2. The second kappa shape index (κ2) is 7.82. The number of carboxylic acids is 1. The van der Waals surface area contributed by atoms with E-state index in [2.05, 4.69) is 25.3 Å². The summed E-state index contributed by atoms with van der Waals surface area (Å²) < 4.78 is 12.2. The zero-order valence-electron chi connectivity index (χ0n) is 16.2. The van der Waals surface area contributed by atoms with Crippen molar-refractivity contribution in [2.24, 2.45) is 5.92 Å². The van der Waals surface area contributed by atoms with E-state index in [0.717, 1.165) is 18.7 Å². The second-order valence-electron chi connectivity index (χ2n) is 6.80. The van der Waals surface area contributed by atoms with Gasteiger partial charge in [0.2, 0.25) is 0 Å². The van der Waals surface area contributed by atoms with E-state index >= 15 is 0 Å². The molecule has 1 fully saturated rings. The first-order valence-electron chi connectivity index (χ1n) is 9.26. The zero-order chi connectivity index (χ0) is 20.4. The third-order valence-electron chi connectivity index (χ3n) is 5.00. The fourth-order valence-electron chi connectivity index (χ4n) is 3.53. The van der Waals surface area contributed by atoms with Crippen molar-refractivity contribution in [3.63, 3.8) is 0 Å². The van der Waals surface area contributed by atoms with E-state index in [1.807, 2.05) is 12.3 Å². The van der Waals surface area contributed by atoms with Crippen LogP contribution >= 0.6 is 0 Å². The summed E-state index contributed by atoms with van der Waals surface area (Å²) in [5.41, 5.74) is 2.21. The Morgan fingerprint density at radius 2 is 2.17 bits per heavy atom. The van der Waals surface area contributed by atoms with Gasteiger partial charge in [0, 0.05) is 13.1 Å². The van der Waals surface area contributed by atoms with Crippen LogP contribution in [0.5, 0.6) is 11.6 Å². The molecule has 0 saturated carbocycles. The average molecular weight is 398 g/mol. The van der Waals surface area contributed by atoms with Gasteiger partial charge in [-0.25, -0.2) is 9.50 Å². The number of anilines is 3. The van der Waals surface area contributed by atoms with E-state index in [9.17, 15) is 9.90 Å². The number of methoxy groups -OCH3 is 2. The predicted molar refractivity (Wildman–Crippen MR) is 106 cm³/mol. The number of ether oxygens (including phenoxy) is 2. The minimum Gasteiger partial charge on any atom is -0.491 e. The van der Waals surface area contributed by atoms with E-state index in [1.165, 1.54) is 13.4 Å². The summed E-state index contributed by atoms with van der Waals surface area (Å²) in [6.45, 7) is 1.25. The number of aromatic nitrogens is 4. The van der Waals surface area contributed by atoms with Gasteiger partial charge < -0.3 is 24.8 Å². The maximum absolute atomic E-state index is 11.4. The lowest BCUT2D eigenvalue weighted by molar-refractivity contribution is -0.141. The Hall–Kier alpha value is -3.56. The van der Waals surface area contributed by atoms with Gasteiger partial charge >= 0.3 is 5.97 Å². The number of rotatable bonds is 6. The molecule has 3 aromatic rings. The molecule has 29 heavy (non-hydrogen) atoms. The molecule has 1 aliphatic rings. The SMILES string of the molecule is COc1ccc(Nc2cc(N3CCCC(C(=O)O)C3)cn3ncnc23)nc1OC. The highest BCUT2D eigenvalue weighted by Crippen LogP contribution is 2.31. The molecular weight excluding hydrogens is 376 g/mol. The molecule has 3 aromatic heterocycles. The van der Waals surface area contributed by atoms with Gasteiger partial charge in [0.05, 0.1) is 37.7 Å². The molecular formula is C19H22N6O4. The number of nitrogens with one attached hydrogen (secondary N) is 1. The molecule has 0 bridgehead atoms. The minimum atomic E-state index is -0.760. The fourth-order valence-corrected chi connectivity index (χ4v) is 3.53. The number of hydrogen-bond acceptors (Lipinski definition) is 8. The molecule has 0 aromatic carbocycles. The third-order valence-corrected chi connectivity index (χ3v) is 5.00. The summed E-state index contributed by atoms with van der Waals surface area (Å²) in [6, 6.07) is 5.48. The number of carboxylic acid groups (broad SMARTS) is 1. The Morgan fingerprint density at radius 3 is 2.93 bits per heavy atom. The quantitative estimate of drug-likeness (QED) is 0.645. The topological polar surface area (TPSA) is 114 Å². The molecule has 1 aliphatic heterocycles. The normalized spacial score (nSPS) is 16.6. The predicted octanol–water partition coefficient (Wildman–Crippen LogP) is 2.19. The van der Waals surface area contributed by atoms with E-state index in [4.69, 9.17) is 9.47 Å². The Morgan fingerprint density at radius 1 is 1.31 bits per heavy atom. The van der Waals surface area contributed by atoms with E-state index in [0.29, 0.717) is 41.7 Å². The molecule has 152 valence electrons. The molecule has 4 rings (SSSR count). The molecule has 0 radical (unpaired) electrons. The van der Waals surface area contributed by atoms with Crippen molar-refractivity contribution >= 4 is 28.8 Å². The highest BCUT2D eigenvalue weighted by Gasteiger charge is 2.26. The van der Waals surface area contributed by atoms with Crippen LogP contribution in [0.3, 0.4) is 0 Å². The fraction of sp³-hybridized carbons (Fsp3) is 0.368. The molecule has 2 N–H and O–H groups in total. The molecule has 0 spiro atoms. The number of pyridine rings is 2. The van der Waals surface area contributed by atoms with Gasteiger partial charge in [-0.3, -0.25) is 4.79 Å². The summed E-state index contributed by atoms with van der Waals surface area (Å²) >= 11 is 0. The van der Waals surface area contributed by atoms with Crippen molar-refractivity contribution < 1.29 is 19.4 Å². The third kappa shape index (κ3) is 3.73. The van der Waals surface area contributed by atoms with Crippen molar-refractivity contribution in [3.05, 3.63) is 30.7 Å². The number of hydrogen-bond donors (Lipinski definition) is 2. The minimum absolute atomic E-state index is 0.367. The van der Waals surface area contributed by atoms with Gasteiger partial charge in [-0.2, -0.15) is 10.1 Å². The monoisotopic (exact) mass is 398 g/mol. The van der Waals surface area contributed by atoms with Gasteiger partial charge in [-0.1, -0.05) is 0 Å². The summed E-state index contributed by atoms with van der Waals surface area (Å²) in [5.74, 6) is 0.328. The van der Waals surface area contributed by atoms with E-state index in [1.54, 1.807) is 23.8 Å². The van der Waals surface area contributed by atoms with Crippen LogP contribution in [0.15, 0.2) is 30.7 Å². The number of piperidine rings is 1. The second-order valence-corrected chi connectivity index (χ2v) is 6.80. The van der Waals surface area contributed by atoms with Crippen molar-refractivity contribution in [2.75, 3.05) is 37.5 Å². The largest absolute Gasteiger partial charge is 0.491 e. The molecule has 1 saturated heterocycles. The highest BCUT2D eigenvalue weighted by atomic mass is 16.5. The first-order chi connectivity index (χ1) is 14.1. The smallest absolute Gasteiger partial charge is 0.308 e. The molecule has 1 unspecified atom stereocenters. The maximum Gasteiger partial charge on any atom is 0.308 e. The van der Waals surface area contributed by atoms with E-state index < -0.39 is 5.97 Å². The lowest BCUT2D eigenvalue weighted by atomic mass is 9.98. The standard InChI is InChI=1S/C19H22N6O4/c1-28-15-5-6-16(23-18(15)29-2)22-14-8-13(10-25-17(14)20-11-21-25)24-7-3-4-12(9-24)19(26)27/h5-6,8,10-12H,3-4,7,9H2,1-2H3,(H,22,23)(H,26,27). The maximum atomic E-state index is 11.4. The molecule has 4 heterocycles. The van der Waals surface area contributed by atoms with E-state index in [-0.39, 0.29) is 5.92 Å². The van der Waals surface area contributed by atoms with Gasteiger partial charge in [-0.15, -0.1) is 0 Å². The first kappa shape index (κ1) is 18.8. The Kier molecular flexibility index (Phi) is 5.07. The molecule has 10 nitrogen and oxygen atoms in total. The first-order valence-corrected chi connectivity index (χ1v) is 9.26. The Labute approximate surface area is 167 Å². The number of fused-ring (bicyclic) bond motifs is 1. The number of carbonyl (C=O) groups is 1. The average Bonchev–Trinajstić information content (AvgIpc) is 3.22. The Bertz CT molecular complexity index is 1040. The van der Waals surface area contributed by atoms with Crippen LogP contribution in [0.25, 0.3) is 5.65 Å². The van der Waals surface area contributed by atoms with Crippen LogP contribution in [0.2, 0.25) is 0 Å². The molecule has 10 heteroatoms. The molecule has 0 aliphatic carbocycles. The molecule has 0 amide bonds. The van der Waals surface area contributed by atoms with Crippen LogP contribution in [0.4, 0.5) is 17.2 Å². The molecule has 1 atom stereocenters.